The highest BCUT2D eigenvalue weighted by atomic mass is 32.1. The Morgan fingerprint density at radius 2 is 2.05 bits per heavy atom. The third kappa shape index (κ3) is 4.19. The van der Waals surface area contributed by atoms with E-state index in [9.17, 15) is 10.1 Å². The van der Waals surface area contributed by atoms with E-state index in [1.807, 2.05) is 32.2 Å². The van der Waals surface area contributed by atoms with Gasteiger partial charge >= 0.3 is 0 Å². The maximum absolute atomic E-state index is 11.0. The molecule has 1 unspecified atom stereocenters. The monoisotopic (exact) mass is 306 g/mol. The summed E-state index contributed by atoms with van der Waals surface area (Å²) < 4.78 is 5.58. The molecule has 0 saturated carbocycles. The first-order chi connectivity index (χ1) is 9.95. The molecule has 1 aromatic carbocycles. The molecule has 112 valence electrons. The van der Waals surface area contributed by atoms with E-state index in [0.717, 1.165) is 5.56 Å². The fourth-order valence-corrected chi connectivity index (χ4v) is 2.72. The van der Waals surface area contributed by atoms with E-state index in [2.05, 4.69) is 10.7 Å². The van der Waals surface area contributed by atoms with Crippen LogP contribution >= 0.6 is 11.3 Å². The lowest BCUT2D eigenvalue weighted by molar-refractivity contribution is -0.384. The van der Waals surface area contributed by atoms with Gasteiger partial charge in [-0.2, -0.15) is 11.3 Å². The van der Waals surface area contributed by atoms with Crippen LogP contribution < -0.4 is 10.1 Å². The van der Waals surface area contributed by atoms with E-state index in [0.29, 0.717) is 11.4 Å². The zero-order valence-corrected chi connectivity index (χ0v) is 13.0. The Morgan fingerprint density at radius 1 is 1.29 bits per heavy atom. The van der Waals surface area contributed by atoms with Crippen LogP contribution in [0.3, 0.4) is 0 Å². The van der Waals surface area contributed by atoms with Gasteiger partial charge in [-0.1, -0.05) is 0 Å². The molecule has 0 saturated heterocycles. The lowest BCUT2D eigenvalue weighted by atomic mass is 10.1. The third-order valence-corrected chi connectivity index (χ3v) is 3.60. The molecule has 5 nitrogen and oxygen atoms in total. The van der Waals surface area contributed by atoms with E-state index in [-0.39, 0.29) is 17.8 Å². The van der Waals surface area contributed by atoms with Crippen molar-refractivity contribution in [3.63, 3.8) is 0 Å². The summed E-state index contributed by atoms with van der Waals surface area (Å²) in [4.78, 5) is 10.6. The summed E-state index contributed by atoms with van der Waals surface area (Å²) in [5.74, 6) is 0.499. The molecule has 0 fully saturated rings. The lowest BCUT2D eigenvalue weighted by Gasteiger charge is -2.16. The first-order valence-electron chi connectivity index (χ1n) is 6.70. The number of non-ortho nitro benzene ring substituents is 1. The van der Waals surface area contributed by atoms with Crippen LogP contribution in [0.4, 0.5) is 11.4 Å². The van der Waals surface area contributed by atoms with Gasteiger partial charge in [0.25, 0.3) is 5.69 Å². The van der Waals surface area contributed by atoms with Crippen molar-refractivity contribution in [3.8, 4) is 5.75 Å². The Balaban J connectivity index is 2.25. The second-order valence-corrected chi connectivity index (χ2v) is 5.84. The quantitative estimate of drug-likeness (QED) is 0.625. The molecule has 0 aliphatic rings. The van der Waals surface area contributed by atoms with Gasteiger partial charge in [0.2, 0.25) is 0 Å². The molecule has 1 heterocycles. The molecule has 21 heavy (non-hydrogen) atoms. The molecule has 0 spiro atoms. The summed E-state index contributed by atoms with van der Waals surface area (Å²) in [5, 5.41) is 18.4. The third-order valence-electron chi connectivity index (χ3n) is 2.90. The topological polar surface area (TPSA) is 64.4 Å². The minimum Gasteiger partial charge on any atom is -0.491 e. The first-order valence-corrected chi connectivity index (χ1v) is 7.64. The normalized spacial score (nSPS) is 12.2. The largest absolute Gasteiger partial charge is 0.491 e. The standard InChI is InChI=1S/C15H18N2O3S/c1-10(2)20-15-7-13(6-14(8-15)17(18)19)16-11(3)12-4-5-21-9-12/h4-11,16H,1-3H3. The highest BCUT2D eigenvalue weighted by molar-refractivity contribution is 7.07. The molecule has 1 aromatic heterocycles. The average molecular weight is 306 g/mol. The van der Waals surface area contributed by atoms with Gasteiger partial charge < -0.3 is 10.1 Å². The molecule has 2 rings (SSSR count). The van der Waals surface area contributed by atoms with Crippen molar-refractivity contribution >= 4 is 22.7 Å². The Morgan fingerprint density at radius 3 is 2.62 bits per heavy atom. The molecule has 0 amide bonds. The van der Waals surface area contributed by atoms with Crippen LogP contribution in [0.5, 0.6) is 5.75 Å². The zero-order valence-electron chi connectivity index (χ0n) is 12.2. The Kier molecular flexibility index (Phi) is 4.80. The zero-order chi connectivity index (χ0) is 15.4. The maximum Gasteiger partial charge on any atom is 0.275 e. The van der Waals surface area contributed by atoms with Gasteiger partial charge in [0, 0.05) is 23.9 Å². The van der Waals surface area contributed by atoms with Crippen molar-refractivity contribution in [3.05, 3.63) is 50.7 Å². The van der Waals surface area contributed by atoms with E-state index in [1.54, 1.807) is 17.4 Å². The Hall–Kier alpha value is -2.08. The van der Waals surface area contributed by atoms with Crippen LogP contribution in [-0.4, -0.2) is 11.0 Å². The molecule has 0 bridgehead atoms. The van der Waals surface area contributed by atoms with Gasteiger partial charge in [-0.25, -0.2) is 0 Å². The number of hydrogen-bond acceptors (Lipinski definition) is 5. The Bertz CT molecular complexity index is 611. The smallest absolute Gasteiger partial charge is 0.275 e. The van der Waals surface area contributed by atoms with Crippen molar-refractivity contribution in [2.45, 2.75) is 32.9 Å². The SMILES string of the molecule is CC(C)Oc1cc(NC(C)c2ccsc2)cc([N+](=O)[O-])c1. The predicted molar refractivity (Wildman–Crippen MR) is 85.2 cm³/mol. The van der Waals surface area contributed by atoms with E-state index >= 15 is 0 Å². The van der Waals surface area contributed by atoms with Gasteiger partial charge in [0.05, 0.1) is 17.1 Å². The van der Waals surface area contributed by atoms with Crippen LogP contribution in [0.1, 0.15) is 32.4 Å². The summed E-state index contributed by atoms with van der Waals surface area (Å²) in [6.45, 7) is 5.80. The van der Waals surface area contributed by atoms with Crippen LogP contribution in [0.15, 0.2) is 35.0 Å². The van der Waals surface area contributed by atoms with Gasteiger partial charge in [0.15, 0.2) is 0 Å². The predicted octanol–water partition coefficient (Wildman–Crippen LogP) is 4.62. The maximum atomic E-state index is 11.0. The summed E-state index contributed by atoms with van der Waals surface area (Å²) >= 11 is 1.63. The highest BCUT2D eigenvalue weighted by Crippen LogP contribution is 2.29. The number of nitrogens with zero attached hydrogens (tertiary/aromatic N) is 1. The number of hydrogen-bond donors (Lipinski definition) is 1. The second kappa shape index (κ2) is 6.58. The van der Waals surface area contributed by atoms with Crippen LogP contribution in [0, 0.1) is 10.1 Å². The summed E-state index contributed by atoms with van der Waals surface area (Å²) in [6.07, 6.45) is -0.0332. The van der Waals surface area contributed by atoms with Crippen molar-refractivity contribution in [2.75, 3.05) is 5.32 Å². The molecule has 1 N–H and O–H groups in total. The minimum atomic E-state index is -0.409. The van der Waals surface area contributed by atoms with Crippen molar-refractivity contribution < 1.29 is 9.66 Å². The minimum absolute atomic E-state index is 0.0215. The van der Waals surface area contributed by atoms with Crippen LogP contribution in [-0.2, 0) is 0 Å². The number of benzene rings is 1. The molecule has 2 aromatic rings. The van der Waals surface area contributed by atoms with Crippen molar-refractivity contribution in [2.24, 2.45) is 0 Å². The number of nitro groups is 1. The summed E-state index contributed by atoms with van der Waals surface area (Å²) in [5.41, 5.74) is 1.85. The van der Waals surface area contributed by atoms with Crippen molar-refractivity contribution in [1.29, 1.82) is 0 Å². The van der Waals surface area contributed by atoms with E-state index in [4.69, 9.17) is 4.74 Å². The molecule has 6 heteroatoms. The van der Waals surface area contributed by atoms with E-state index in [1.165, 1.54) is 12.1 Å². The van der Waals surface area contributed by atoms with Gasteiger partial charge in [-0.15, -0.1) is 0 Å². The van der Waals surface area contributed by atoms with E-state index < -0.39 is 4.92 Å². The number of ether oxygens (including phenoxy) is 1. The summed E-state index contributed by atoms with van der Waals surface area (Å²) in [6, 6.07) is 6.86. The molecule has 0 radical (unpaired) electrons. The number of anilines is 1. The molecule has 0 aliphatic heterocycles. The Labute approximate surface area is 127 Å². The fraction of sp³-hybridized carbons (Fsp3) is 0.333. The van der Waals surface area contributed by atoms with Gasteiger partial charge in [-0.05, 0) is 43.2 Å². The molecule has 1 atom stereocenters. The molecule has 0 aliphatic carbocycles. The highest BCUT2D eigenvalue weighted by Gasteiger charge is 2.13. The fourth-order valence-electron chi connectivity index (χ4n) is 1.97. The van der Waals surface area contributed by atoms with Crippen LogP contribution in [0.2, 0.25) is 0 Å². The number of nitro benzene ring substituents is 1. The molecular weight excluding hydrogens is 288 g/mol. The number of thiophene rings is 1. The second-order valence-electron chi connectivity index (χ2n) is 5.06. The van der Waals surface area contributed by atoms with Crippen molar-refractivity contribution in [1.82, 2.24) is 0 Å². The van der Waals surface area contributed by atoms with Gasteiger partial charge in [0.1, 0.15) is 5.75 Å². The average Bonchev–Trinajstić information content (AvgIpc) is 2.91. The number of nitrogens with one attached hydrogen (secondary N) is 1. The number of rotatable bonds is 6. The van der Waals surface area contributed by atoms with Gasteiger partial charge in [-0.3, -0.25) is 10.1 Å². The lowest BCUT2D eigenvalue weighted by Crippen LogP contribution is -2.08. The first kappa shape index (κ1) is 15.3. The molecular formula is C15H18N2O3S. The summed E-state index contributed by atoms with van der Waals surface area (Å²) in [7, 11) is 0. The van der Waals surface area contributed by atoms with Crippen LogP contribution in [0.25, 0.3) is 0 Å².